The molecule has 0 spiro atoms. The molecule has 4 fully saturated rings. The minimum atomic E-state index is -0.686. The highest BCUT2D eigenvalue weighted by Crippen LogP contribution is 2.68. The molecular formula is C27H46O4. The van der Waals surface area contributed by atoms with Crippen LogP contribution in [0.25, 0.3) is 0 Å². The molecule has 4 nitrogen and oxygen atoms in total. The van der Waals surface area contributed by atoms with E-state index in [1.54, 1.807) is 0 Å². The number of hydrogen-bond donors (Lipinski definition) is 3. The van der Waals surface area contributed by atoms with Crippen LogP contribution in [0.5, 0.6) is 0 Å². The zero-order valence-corrected chi connectivity index (χ0v) is 20.2. The zero-order chi connectivity index (χ0) is 22.6. The maximum Gasteiger partial charge on any atom is 0.306 e. The van der Waals surface area contributed by atoms with Gasteiger partial charge in [-0.15, -0.1) is 0 Å². The van der Waals surface area contributed by atoms with E-state index in [0.717, 1.165) is 50.9 Å². The second-order valence-corrected chi connectivity index (χ2v) is 12.5. The molecule has 0 saturated heterocycles. The quantitative estimate of drug-likeness (QED) is 0.515. The third-order valence-corrected chi connectivity index (χ3v) is 11.2. The highest BCUT2D eigenvalue weighted by Gasteiger charge is 2.63. The summed E-state index contributed by atoms with van der Waals surface area (Å²) < 4.78 is 0. The normalized spacial score (nSPS) is 48.9. The van der Waals surface area contributed by atoms with Crippen LogP contribution in [0, 0.1) is 52.3 Å². The Hall–Kier alpha value is -0.610. The largest absolute Gasteiger partial charge is 0.481 e. The average molecular weight is 435 g/mol. The van der Waals surface area contributed by atoms with Gasteiger partial charge in [0.1, 0.15) is 0 Å². The molecular weight excluding hydrogens is 388 g/mol. The van der Waals surface area contributed by atoms with Crippen molar-refractivity contribution in [1.29, 1.82) is 0 Å². The first-order valence-corrected chi connectivity index (χ1v) is 13.2. The Morgan fingerprint density at radius 2 is 1.71 bits per heavy atom. The van der Waals surface area contributed by atoms with Gasteiger partial charge in [0.05, 0.1) is 18.1 Å². The van der Waals surface area contributed by atoms with E-state index in [1.165, 1.54) is 25.7 Å². The molecule has 4 aliphatic rings. The summed E-state index contributed by atoms with van der Waals surface area (Å²) in [6, 6.07) is 0. The topological polar surface area (TPSA) is 77.8 Å². The molecule has 0 aromatic rings. The van der Waals surface area contributed by atoms with Gasteiger partial charge in [-0.2, -0.15) is 0 Å². The van der Waals surface area contributed by atoms with Crippen LogP contribution < -0.4 is 0 Å². The third-order valence-electron chi connectivity index (χ3n) is 11.2. The van der Waals surface area contributed by atoms with Gasteiger partial charge >= 0.3 is 5.97 Å². The predicted molar refractivity (Wildman–Crippen MR) is 122 cm³/mol. The summed E-state index contributed by atoms with van der Waals surface area (Å²) in [7, 11) is 0. The van der Waals surface area contributed by atoms with Gasteiger partial charge < -0.3 is 15.3 Å². The Labute approximate surface area is 189 Å². The average Bonchev–Trinajstić information content (AvgIpc) is 3.08. The Morgan fingerprint density at radius 1 is 0.968 bits per heavy atom. The van der Waals surface area contributed by atoms with Crippen LogP contribution in [-0.4, -0.2) is 33.5 Å². The van der Waals surface area contributed by atoms with E-state index in [4.69, 9.17) is 5.11 Å². The van der Waals surface area contributed by atoms with Crippen molar-refractivity contribution in [3.63, 3.8) is 0 Å². The molecule has 0 radical (unpaired) electrons. The van der Waals surface area contributed by atoms with Gasteiger partial charge in [-0.05, 0) is 104 Å². The molecule has 0 aliphatic heterocycles. The first-order valence-electron chi connectivity index (χ1n) is 13.2. The van der Waals surface area contributed by atoms with E-state index in [-0.39, 0.29) is 23.5 Å². The highest BCUT2D eigenvalue weighted by molar-refractivity contribution is 5.69. The van der Waals surface area contributed by atoms with Crippen molar-refractivity contribution in [2.75, 3.05) is 0 Å². The molecule has 4 saturated carbocycles. The van der Waals surface area contributed by atoms with Crippen molar-refractivity contribution < 1.29 is 20.1 Å². The summed E-state index contributed by atoms with van der Waals surface area (Å²) in [5, 5.41) is 31.0. The minimum Gasteiger partial charge on any atom is -0.481 e. The molecule has 1 unspecified atom stereocenters. The summed E-state index contributed by atoms with van der Waals surface area (Å²) in [5.41, 5.74) is 0.303. The molecule has 0 bridgehead atoms. The molecule has 4 heteroatoms. The molecule has 4 rings (SSSR count). The molecule has 0 heterocycles. The van der Waals surface area contributed by atoms with E-state index in [0.29, 0.717) is 35.0 Å². The highest BCUT2D eigenvalue weighted by atomic mass is 16.4. The van der Waals surface area contributed by atoms with E-state index >= 15 is 0 Å². The number of carbonyl (C=O) groups is 1. The first-order chi connectivity index (χ1) is 14.6. The van der Waals surface area contributed by atoms with Gasteiger partial charge in [-0.25, -0.2) is 0 Å². The van der Waals surface area contributed by atoms with Crippen LogP contribution in [0.1, 0.15) is 98.3 Å². The van der Waals surface area contributed by atoms with Crippen molar-refractivity contribution >= 4 is 5.97 Å². The summed E-state index contributed by atoms with van der Waals surface area (Å²) in [4.78, 5) is 11.1. The third kappa shape index (κ3) is 3.88. The second kappa shape index (κ2) is 8.63. The lowest BCUT2D eigenvalue weighted by Crippen LogP contribution is -2.58. The van der Waals surface area contributed by atoms with Gasteiger partial charge in [0, 0.05) is 0 Å². The number of fused-ring (bicyclic) bond motifs is 5. The number of carboxylic acid groups (broad SMARTS) is 1. The monoisotopic (exact) mass is 434 g/mol. The van der Waals surface area contributed by atoms with E-state index < -0.39 is 5.97 Å². The Bertz CT molecular complexity index is 664. The summed E-state index contributed by atoms with van der Waals surface area (Å²) >= 11 is 0. The fourth-order valence-corrected chi connectivity index (χ4v) is 9.23. The van der Waals surface area contributed by atoms with Gasteiger partial charge in [0.2, 0.25) is 0 Å². The van der Waals surface area contributed by atoms with Crippen molar-refractivity contribution in [3.8, 4) is 0 Å². The fourth-order valence-electron chi connectivity index (χ4n) is 9.23. The number of aliphatic hydroxyl groups is 2. The van der Waals surface area contributed by atoms with Crippen LogP contribution in [0.3, 0.4) is 0 Å². The molecule has 3 N–H and O–H groups in total. The van der Waals surface area contributed by atoms with E-state index in [1.807, 2.05) is 6.92 Å². The van der Waals surface area contributed by atoms with Crippen LogP contribution in [0.15, 0.2) is 0 Å². The maximum absolute atomic E-state index is 11.6. The lowest BCUT2D eigenvalue weighted by molar-refractivity contribution is -0.174. The van der Waals surface area contributed by atoms with Crippen LogP contribution in [0.2, 0.25) is 0 Å². The molecule has 0 aromatic carbocycles. The molecule has 11 atom stereocenters. The van der Waals surface area contributed by atoms with Gasteiger partial charge in [-0.1, -0.05) is 40.5 Å². The summed E-state index contributed by atoms with van der Waals surface area (Å²) in [6.45, 7) is 9.04. The lowest BCUT2D eigenvalue weighted by Gasteiger charge is -2.62. The van der Waals surface area contributed by atoms with Crippen molar-refractivity contribution in [2.24, 2.45) is 52.3 Å². The van der Waals surface area contributed by atoms with Crippen LogP contribution >= 0.6 is 0 Å². The van der Waals surface area contributed by atoms with Crippen LogP contribution in [0.4, 0.5) is 0 Å². The summed E-state index contributed by atoms with van der Waals surface area (Å²) in [5.74, 6) is 2.73. The van der Waals surface area contributed by atoms with Crippen molar-refractivity contribution in [2.45, 2.75) is 111 Å². The SMILES string of the molecule is CC(CCC[C@@H](C)[C@H]1CC[C@H]2[C@@H]3CC[C@@H]4C[C@@H](O)CC[C@]4(C)[C@H]3C[C@H](O)[C@]12C)C(=O)O. The molecule has 0 amide bonds. The van der Waals surface area contributed by atoms with Gasteiger partial charge in [0.15, 0.2) is 0 Å². The Morgan fingerprint density at radius 3 is 2.42 bits per heavy atom. The number of carboxylic acids is 1. The van der Waals surface area contributed by atoms with Crippen molar-refractivity contribution in [1.82, 2.24) is 0 Å². The van der Waals surface area contributed by atoms with E-state index in [2.05, 4.69) is 20.8 Å². The minimum absolute atomic E-state index is 0.0103. The van der Waals surface area contributed by atoms with Gasteiger partial charge in [0.25, 0.3) is 0 Å². The predicted octanol–water partition coefficient (Wildman–Crippen LogP) is 5.50. The first kappa shape index (κ1) is 23.5. The fraction of sp³-hybridized carbons (Fsp3) is 0.963. The molecule has 178 valence electrons. The standard InChI is InChI=1S/C27H46O4/c1-16(6-5-7-17(2)25(30)31)21-10-11-22-20-9-8-18-14-19(28)12-13-26(18,3)23(20)15-24(29)27(21,22)4/h16-24,28-29H,5-15H2,1-4H3,(H,30,31)/t16-,17?,18-,19+,20+,21-,22+,23+,24+,26+,27-/m1/s1. The van der Waals surface area contributed by atoms with Gasteiger partial charge in [-0.3, -0.25) is 4.79 Å². The number of aliphatic carboxylic acids is 1. The smallest absolute Gasteiger partial charge is 0.306 e. The van der Waals surface area contributed by atoms with Crippen LogP contribution in [-0.2, 0) is 4.79 Å². The number of aliphatic hydroxyl groups excluding tert-OH is 2. The lowest BCUT2D eigenvalue weighted by atomic mass is 9.43. The molecule has 4 aliphatic carbocycles. The second-order valence-electron chi connectivity index (χ2n) is 12.5. The Balaban J connectivity index is 1.47. The Kier molecular flexibility index (Phi) is 6.55. The maximum atomic E-state index is 11.6. The number of hydrogen-bond acceptors (Lipinski definition) is 3. The number of rotatable bonds is 6. The summed E-state index contributed by atoms with van der Waals surface area (Å²) in [6.07, 6.45) is 11.4. The zero-order valence-electron chi connectivity index (χ0n) is 20.2. The molecule has 31 heavy (non-hydrogen) atoms. The molecule has 0 aromatic heterocycles. The van der Waals surface area contributed by atoms with Crippen molar-refractivity contribution in [3.05, 3.63) is 0 Å². The van der Waals surface area contributed by atoms with E-state index in [9.17, 15) is 15.0 Å².